The Morgan fingerprint density at radius 3 is 2.67 bits per heavy atom. The Morgan fingerprint density at radius 2 is 2.10 bits per heavy atom. The molecule has 0 bridgehead atoms. The van der Waals surface area contributed by atoms with Crippen LogP contribution in [0.15, 0.2) is 18.2 Å². The lowest BCUT2D eigenvalue weighted by molar-refractivity contribution is 0.299. The van der Waals surface area contributed by atoms with E-state index < -0.39 is 0 Å². The molecule has 0 aliphatic heterocycles. The van der Waals surface area contributed by atoms with Crippen molar-refractivity contribution < 1.29 is 4.74 Å². The van der Waals surface area contributed by atoms with E-state index in [0.29, 0.717) is 11.8 Å². The highest BCUT2D eigenvalue weighted by Gasteiger charge is 2.14. The molecule has 21 heavy (non-hydrogen) atoms. The van der Waals surface area contributed by atoms with Crippen LogP contribution in [0.5, 0.6) is 5.75 Å². The number of halogens is 1. The number of benzene rings is 1. The van der Waals surface area contributed by atoms with Crippen molar-refractivity contribution in [1.82, 2.24) is 9.78 Å². The maximum absolute atomic E-state index is 6.24. The van der Waals surface area contributed by atoms with E-state index in [0.717, 1.165) is 34.6 Å². The van der Waals surface area contributed by atoms with Crippen LogP contribution in [0.25, 0.3) is 0 Å². The summed E-state index contributed by atoms with van der Waals surface area (Å²) in [6.45, 7) is 6.38. The van der Waals surface area contributed by atoms with Crippen LogP contribution in [0.3, 0.4) is 0 Å². The molecule has 0 radical (unpaired) electrons. The molecule has 0 spiro atoms. The molecule has 1 heterocycles. The fourth-order valence-electron chi connectivity index (χ4n) is 2.41. The Bertz CT molecular complexity index is 635. The lowest BCUT2D eigenvalue weighted by Crippen LogP contribution is -2.18. The molecule has 0 aliphatic carbocycles. The average molecular weight is 308 g/mol. The van der Waals surface area contributed by atoms with Crippen molar-refractivity contribution in [2.24, 2.45) is 12.8 Å². The quantitative estimate of drug-likeness (QED) is 0.923. The number of aromatic nitrogens is 2. The third-order valence-corrected chi connectivity index (χ3v) is 3.94. The van der Waals surface area contributed by atoms with Gasteiger partial charge in [-0.3, -0.25) is 4.68 Å². The maximum Gasteiger partial charge on any atom is 0.133 e. The fourth-order valence-corrected chi connectivity index (χ4v) is 2.64. The molecule has 0 saturated heterocycles. The van der Waals surface area contributed by atoms with E-state index in [4.69, 9.17) is 22.1 Å². The first-order chi connectivity index (χ1) is 9.90. The first-order valence-corrected chi connectivity index (χ1v) is 7.42. The van der Waals surface area contributed by atoms with Crippen molar-refractivity contribution in [3.05, 3.63) is 45.7 Å². The van der Waals surface area contributed by atoms with Crippen molar-refractivity contribution in [3.8, 4) is 5.75 Å². The van der Waals surface area contributed by atoms with Crippen LogP contribution < -0.4 is 10.5 Å². The molecule has 114 valence electrons. The van der Waals surface area contributed by atoms with E-state index in [1.165, 1.54) is 0 Å². The van der Waals surface area contributed by atoms with Gasteiger partial charge < -0.3 is 10.5 Å². The molecule has 1 atom stereocenters. The molecule has 0 fully saturated rings. The Kier molecular flexibility index (Phi) is 4.91. The summed E-state index contributed by atoms with van der Waals surface area (Å²) >= 11 is 6.24. The Morgan fingerprint density at radius 1 is 1.38 bits per heavy atom. The summed E-state index contributed by atoms with van der Waals surface area (Å²) in [5, 5.41) is 4.92. The third-order valence-electron chi connectivity index (χ3n) is 3.47. The predicted molar refractivity (Wildman–Crippen MR) is 85.8 cm³/mol. The summed E-state index contributed by atoms with van der Waals surface area (Å²) < 4.78 is 7.70. The lowest BCUT2D eigenvalue weighted by Gasteiger charge is -2.15. The minimum atomic E-state index is 0.0952. The minimum Gasteiger partial charge on any atom is -0.488 e. The zero-order chi connectivity index (χ0) is 15.6. The van der Waals surface area contributed by atoms with Gasteiger partial charge in [0, 0.05) is 18.7 Å². The van der Waals surface area contributed by atoms with Gasteiger partial charge in [-0.25, -0.2) is 0 Å². The summed E-state index contributed by atoms with van der Waals surface area (Å²) in [7, 11) is 1.83. The van der Waals surface area contributed by atoms with Gasteiger partial charge in [-0.05, 0) is 38.3 Å². The molecule has 2 rings (SSSR count). The van der Waals surface area contributed by atoms with Crippen LogP contribution >= 0.6 is 11.6 Å². The topological polar surface area (TPSA) is 53.1 Å². The van der Waals surface area contributed by atoms with Crippen molar-refractivity contribution >= 4 is 11.6 Å². The SMILES string of the molecule is Cc1cccc(CC(C)N)c1OCc1c(C)nn(C)c1Cl. The van der Waals surface area contributed by atoms with Gasteiger partial charge in [0.2, 0.25) is 0 Å². The van der Waals surface area contributed by atoms with Gasteiger partial charge in [0.05, 0.1) is 5.69 Å². The second-order valence-corrected chi connectivity index (χ2v) is 5.87. The molecule has 0 saturated carbocycles. The van der Waals surface area contributed by atoms with Crippen LogP contribution in [0.1, 0.15) is 29.3 Å². The Balaban J connectivity index is 2.23. The van der Waals surface area contributed by atoms with E-state index in [9.17, 15) is 0 Å². The number of nitrogens with two attached hydrogens (primary N) is 1. The van der Waals surface area contributed by atoms with Crippen molar-refractivity contribution in [2.45, 2.75) is 39.8 Å². The molecule has 5 heteroatoms. The standard InChI is InChI=1S/C16H22ClN3O/c1-10-6-5-7-13(8-11(2)18)15(10)21-9-14-12(3)19-20(4)16(14)17/h5-7,11H,8-9,18H2,1-4H3. The summed E-state index contributed by atoms with van der Waals surface area (Å²) in [5.74, 6) is 0.897. The van der Waals surface area contributed by atoms with Gasteiger partial charge in [-0.1, -0.05) is 29.8 Å². The summed E-state index contributed by atoms with van der Waals surface area (Å²) in [6.07, 6.45) is 0.788. The maximum atomic E-state index is 6.24. The van der Waals surface area contributed by atoms with Crippen molar-refractivity contribution in [3.63, 3.8) is 0 Å². The van der Waals surface area contributed by atoms with Crippen molar-refractivity contribution in [2.75, 3.05) is 0 Å². The summed E-state index contributed by atoms with van der Waals surface area (Å²) in [4.78, 5) is 0. The van der Waals surface area contributed by atoms with Gasteiger partial charge in [-0.2, -0.15) is 5.10 Å². The molecule has 2 N–H and O–H groups in total. The summed E-state index contributed by atoms with van der Waals surface area (Å²) in [5.41, 5.74) is 9.96. The monoisotopic (exact) mass is 307 g/mol. The highest BCUT2D eigenvalue weighted by Crippen LogP contribution is 2.27. The molecular weight excluding hydrogens is 286 g/mol. The zero-order valence-corrected chi connectivity index (χ0v) is 13.7. The number of hydrogen-bond acceptors (Lipinski definition) is 3. The lowest BCUT2D eigenvalue weighted by atomic mass is 10.0. The largest absolute Gasteiger partial charge is 0.488 e. The highest BCUT2D eigenvalue weighted by molar-refractivity contribution is 6.30. The van der Waals surface area contributed by atoms with Gasteiger partial charge in [0.25, 0.3) is 0 Å². The molecule has 4 nitrogen and oxygen atoms in total. The van der Waals surface area contributed by atoms with Crippen LogP contribution in [-0.2, 0) is 20.1 Å². The summed E-state index contributed by atoms with van der Waals surface area (Å²) in [6, 6.07) is 6.22. The Labute approximate surface area is 130 Å². The van der Waals surface area contributed by atoms with Crippen LogP contribution in [0.2, 0.25) is 5.15 Å². The smallest absolute Gasteiger partial charge is 0.133 e. The van der Waals surface area contributed by atoms with E-state index in [-0.39, 0.29) is 6.04 Å². The number of ether oxygens (including phenoxy) is 1. The van der Waals surface area contributed by atoms with Crippen LogP contribution in [-0.4, -0.2) is 15.8 Å². The van der Waals surface area contributed by atoms with E-state index in [2.05, 4.69) is 11.2 Å². The number of rotatable bonds is 5. The minimum absolute atomic E-state index is 0.0952. The van der Waals surface area contributed by atoms with E-state index in [1.807, 2.05) is 40.0 Å². The molecule has 1 aromatic carbocycles. The van der Waals surface area contributed by atoms with Gasteiger partial charge in [0.1, 0.15) is 17.5 Å². The number of aryl methyl sites for hydroxylation is 3. The van der Waals surface area contributed by atoms with E-state index in [1.54, 1.807) is 4.68 Å². The predicted octanol–water partition coefficient (Wildman–Crippen LogP) is 3.16. The fraction of sp³-hybridized carbons (Fsp3) is 0.438. The molecular formula is C16H22ClN3O. The number of para-hydroxylation sites is 1. The molecule has 1 aromatic heterocycles. The second kappa shape index (κ2) is 6.50. The van der Waals surface area contributed by atoms with Gasteiger partial charge in [0.15, 0.2) is 0 Å². The van der Waals surface area contributed by atoms with Crippen molar-refractivity contribution in [1.29, 1.82) is 0 Å². The Hall–Kier alpha value is -1.52. The van der Waals surface area contributed by atoms with Crippen LogP contribution in [0, 0.1) is 13.8 Å². The van der Waals surface area contributed by atoms with E-state index >= 15 is 0 Å². The van der Waals surface area contributed by atoms with Crippen LogP contribution in [0.4, 0.5) is 0 Å². The van der Waals surface area contributed by atoms with Gasteiger partial charge in [-0.15, -0.1) is 0 Å². The molecule has 0 amide bonds. The van der Waals surface area contributed by atoms with Gasteiger partial charge >= 0.3 is 0 Å². The first-order valence-electron chi connectivity index (χ1n) is 7.05. The third kappa shape index (κ3) is 3.57. The average Bonchev–Trinajstić information content (AvgIpc) is 2.63. The zero-order valence-electron chi connectivity index (χ0n) is 13.0. The second-order valence-electron chi connectivity index (χ2n) is 5.51. The molecule has 0 aliphatic rings. The normalized spacial score (nSPS) is 12.5. The number of hydrogen-bond donors (Lipinski definition) is 1. The molecule has 2 aromatic rings. The first kappa shape index (κ1) is 15.9. The highest BCUT2D eigenvalue weighted by atomic mass is 35.5. The number of nitrogens with zero attached hydrogens (tertiary/aromatic N) is 2. The molecule has 1 unspecified atom stereocenters.